The average molecular weight is 740 g/mol. The van der Waals surface area contributed by atoms with Crippen LogP contribution in [-0.4, -0.2) is 28.0 Å². The minimum absolute atomic E-state index is 0.000220. The highest BCUT2D eigenvalue weighted by Gasteiger charge is 2.19. The number of carbonyl (C=O) groups excluding carboxylic acids is 3. The molecule has 12 heteroatoms. The zero-order valence-electron chi connectivity index (χ0n) is 26.4. The number of nitrogens with zero attached hydrogens (tertiary/aromatic N) is 1. The van der Waals surface area contributed by atoms with Crippen molar-refractivity contribution in [3.8, 4) is 22.6 Å². The molecular weight excluding hydrogens is 711 g/mol. The third-order valence-electron chi connectivity index (χ3n) is 7.24. The largest absolute Gasteiger partial charge is 0.457 e. The van der Waals surface area contributed by atoms with Crippen LogP contribution in [0.1, 0.15) is 23.0 Å². The average Bonchev–Trinajstić information content (AvgIpc) is 3.79. The van der Waals surface area contributed by atoms with E-state index in [0.717, 1.165) is 16.0 Å². The lowest BCUT2D eigenvalue weighted by molar-refractivity contribution is -0.115. The van der Waals surface area contributed by atoms with E-state index in [4.69, 9.17) is 27.6 Å². The van der Waals surface area contributed by atoms with Gasteiger partial charge in [0.05, 0.1) is 16.0 Å². The third-order valence-corrected chi connectivity index (χ3v) is 9.65. The van der Waals surface area contributed by atoms with Crippen molar-refractivity contribution < 1.29 is 18.8 Å². The summed E-state index contributed by atoms with van der Waals surface area (Å²) in [6.07, 6.45) is 1.49. The summed E-state index contributed by atoms with van der Waals surface area (Å²) in [5.74, 6) is -0.176. The summed E-state index contributed by atoms with van der Waals surface area (Å²) in [6, 6.07) is 34.0. The second-order valence-electron chi connectivity index (χ2n) is 10.8. The Morgan fingerprint density at radius 3 is 2.30 bits per heavy atom. The maximum Gasteiger partial charge on any atom is 0.272 e. The fraction of sp³-hybridized carbons (Fsp3) is 0.0526. The first-order valence-corrected chi connectivity index (χ1v) is 17.8. The summed E-state index contributed by atoms with van der Waals surface area (Å²) in [5.41, 5.74) is 3.15. The van der Waals surface area contributed by atoms with E-state index in [2.05, 4.69) is 20.9 Å². The number of amides is 3. The summed E-state index contributed by atoms with van der Waals surface area (Å²) in [7, 11) is 0. The van der Waals surface area contributed by atoms with Crippen molar-refractivity contribution in [3.63, 3.8) is 0 Å². The van der Waals surface area contributed by atoms with Crippen LogP contribution in [0.5, 0.6) is 0 Å². The van der Waals surface area contributed by atoms with Crippen molar-refractivity contribution in [2.45, 2.75) is 17.1 Å². The van der Waals surface area contributed by atoms with Gasteiger partial charge < -0.3 is 20.4 Å². The number of benzene rings is 4. The minimum Gasteiger partial charge on any atom is -0.457 e. The molecule has 6 rings (SSSR count). The number of hydrogen-bond acceptors (Lipinski definition) is 7. The normalized spacial score (nSPS) is 11.9. The number of aromatic nitrogens is 1. The van der Waals surface area contributed by atoms with Crippen molar-refractivity contribution in [1.29, 1.82) is 0 Å². The van der Waals surface area contributed by atoms with Gasteiger partial charge in [0.25, 0.3) is 11.8 Å². The first-order chi connectivity index (χ1) is 24.2. The molecule has 0 aliphatic heterocycles. The van der Waals surface area contributed by atoms with Crippen molar-refractivity contribution in [2.75, 3.05) is 10.6 Å². The molecular formula is C38H28Cl2N4O4S2. The molecule has 0 saturated carbocycles. The van der Waals surface area contributed by atoms with Crippen LogP contribution in [0.4, 0.5) is 10.8 Å². The summed E-state index contributed by atoms with van der Waals surface area (Å²) in [6.45, 7) is 1.80. The lowest BCUT2D eigenvalue weighted by Gasteiger charge is -2.13. The molecule has 4 aromatic carbocycles. The van der Waals surface area contributed by atoms with Gasteiger partial charge in [-0.1, -0.05) is 71.7 Å². The zero-order valence-corrected chi connectivity index (χ0v) is 29.5. The van der Waals surface area contributed by atoms with Crippen molar-refractivity contribution >= 4 is 80.9 Å². The fourth-order valence-electron chi connectivity index (χ4n) is 4.70. The molecule has 0 bridgehead atoms. The number of halogens is 2. The first-order valence-electron chi connectivity index (χ1n) is 15.2. The molecule has 6 aromatic rings. The Morgan fingerprint density at radius 2 is 1.58 bits per heavy atom. The van der Waals surface area contributed by atoms with Gasteiger partial charge in [-0.05, 0) is 73.7 Å². The van der Waals surface area contributed by atoms with Gasteiger partial charge >= 0.3 is 0 Å². The summed E-state index contributed by atoms with van der Waals surface area (Å²) < 4.78 is 5.97. The topological polar surface area (TPSA) is 113 Å². The van der Waals surface area contributed by atoms with Crippen LogP contribution in [0.3, 0.4) is 0 Å². The Hall–Kier alpha value is -5.13. The maximum atomic E-state index is 13.5. The molecule has 8 nitrogen and oxygen atoms in total. The van der Waals surface area contributed by atoms with Gasteiger partial charge in [-0.2, -0.15) is 0 Å². The standard InChI is InChI=1S/C38H28Cl2N4O4S2/c1-23(35(45)44-38-43-33(22-49-38)30-18-12-26(39)20-31(30)40)50-29-16-13-27(14-17-29)41-37(47)32(42-36(46)25-10-6-3-7-11-25)21-28-15-19-34(48-28)24-8-4-2-5-9-24/h2-23H,1H3,(H,41,47)(H,42,46)(H,43,44,45)/b32-21+. The maximum absolute atomic E-state index is 13.5. The van der Waals surface area contributed by atoms with Gasteiger partial charge in [0, 0.05) is 43.8 Å². The number of anilines is 2. The van der Waals surface area contributed by atoms with E-state index >= 15 is 0 Å². The Kier molecular flexibility index (Phi) is 11.1. The Morgan fingerprint density at radius 1 is 0.860 bits per heavy atom. The van der Waals surface area contributed by atoms with Crippen molar-refractivity contribution in [2.24, 2.45) is 0 Å². The number of rotatable bonds is 11. The summed E-state index contributed by atoms with van der Waals surface area (Å²) in [4.78, 5) is 44.8. The molecule has 2 heterocycles. The molecule has 3 N–H and O–H groups in total. The second-order valence-corrected chi connectivity index (χ2v) is 14.0. The van der Waals surface area contributed by atoms with E-state index in [9.17, 15) is 14.4 Å². The second kappa shape index (κ2) is 16.1. The van der Waals surface area contributed by atoms with Crippen LogP contribution < -0.4 is 16.0 Å². The highest BCUT2D eigenvalue weighted by Crippen LogP contribution is 2.33. The Balaban J connectivity index is 1.10. The summed E-state index contributed by atoms with van der Waals surface area (Å²) in [5, 5.41) is 11.3. The molecule has 0 aliphatic carbocycles. The molecule has 250 valence electrons. The van der Waals surface area contributed by atoms with Crippen LogP contribution in [0, 0.1) is 0 Å². The predicted octanol–water partition coefficient (Wildman–Crippen LogP) is 9.91. The van der Waals surface area contributed by atoms with Crippen molar-refractivity contribution in [1.82, 2.24) is 10.3 Å². The zero-order chi connectivity index (χ0) is 35.0. The van der Waals surface area contributed by atoms with Crippen LogP contribution in [0.2, 0.25) is 10.0 Å². The Bertz CT molecular complexity index is 2170. The molecule has 0 saturated heterocycles. The number of thiazole rings is 1. The molecule has 0 spiro atoms. The molecule has 0 fully saturated rings. The van der Waals surface area contributed by atoms with E-state index in [0.29, 0.717) is 43.6 Å². The van der Waals surface area contributed by atoms with Crippen LogP contribution in [0.25, 0.3) is 28.7 Å². The molecule has 3 amide bonds. The molecule has 0 aliphatic rings. The van der Waals surface area contributed by atoms with Crippen LogP contribution in [-0.2, 0) is 9.59 Å². The van der Waals surface area contributed by atoms with E-state index in [1.165, 1.54) is 29.2 Å². The highest BCUT2D eigenvalue weighted by molar-refractivity contribution is 8.00. The minimum atomic E-state index is -0.539. The number of hydrogen-bond donors (Lipinski definition) is 3. The van der Waals surface area contributed by atoms with E-state index < -0.39 is 17.1 Å². The van der Waals surface area contributed by atoms with Gasteiger partial charge in [-0.15, -0.1) is 23.1 Å². The quantitative estimate of drug-likeness (QED) is 0.0901. The van der Waals surface area contributed by atoms with Crippen LogP contribution >= 0.6 is 46.3 Å². The molecule has 1 unspecified atom stereocenters. The van der Waals surface area contributed by atoms with Crippen LogP contribution in [0.15, 0.2) is 136 Å². The summed E-state index contributed by atoms with van der Waals surface area (Å²) >= 11 is 15.0. The van der Waals surface area contributed by atoms with Crippen molar-refractivity contribution in [3.05, 3.63) is 148 Å². The van der Waals surface area contributed by atoms with Gasteiger partial charge in [0.15, 0.2) is 5.13 Å². The number of carbonyl (C=O) groups is 3. The lowest BCUT2D eigenvalue weighted by atomic mass is 10.2. The number of furan rings is 1. The number of nitrogens with one attached hydrogen (secondary N) is 3. The molecule has 1 atom stereocenters. The Labute approximate surface area is 306 Å². The fourth-order valence-corrected chi connectivity index (χ4v) is 6.79. The number of thioether (sulfide) groups is 1. The molecule has 50 heavy (non-hydrogen) atoms. The first kappa shape index (κ1) is 34.7. The van der Waals surface area contributed by atoms with E-state index in [-0.39, 0.29) is 11.6 Å². The van der Waals surface area contributed by atoms with Gasteiger partial charge in [-0.3, -0.25) is 14.4 Å². The monoisotopic (exact) mass is 738 g/mol. The smallest absolute Gasteiger partial charge is 0.272 e. The SMILES string of the molecule is CC(Sc1ccc(NC(=O)/C(=C\c2ccc(-c3ccccc3)o2)NC(=O)c2ccccc2)cc1)C(=O)Nc1nc(-c2ccc(Cl)cc2Cl)cs1. The van der Waals surface area contributed by atoms with Gasteiger partial charge in [0.2, 0.25) is 5.91 Å². The van der Waals surface area contributed by atoms with Gasteiger partial charge in [0.1, 0.15) is 17.2 Å². The third kappa shape index (κ3) is 8.90. The van der Waals surface area contributed by atoms with E-state index in [1.54, 1.807) is 91.9 Å². The van der Waals surface area contributed by atoms with E-state index in [1.807, 2.05) is 35.7 Å². The highest BCUT2D eigenvalue weighted by atomic mass is 35.5. The predicted molar refractivity (Wildman–Crippen MR) is 203 cm³/mol. The molecule has 0 radical (unpaired) electrons. The van der Waals surface area contributed by atoms with Gasteiger partial charge in [-0.25, -0.2) is 4.98 Å². The molecule has 2 aromatic heterocycles. The lowest BCUT2D eigenvalue weighted by Crippen LogP contribution is -2.30.